The van der Waals surface area contributed by atoms with Crippen LogP contribution in [0.4, 0.5) is 0 Å². The predicted octanol–water partition coefficient (Wildman–Crippen LogP) is 8.18. The third kappa shape index (κ3) is 7.01. The lowest BCUT2D eigenvalue weighted by molar-refractivity contribution is -0.248. The fourth-order valence-electron chi connectivity index (χ4n) is 7.62. The highest BCUT2D eigenvalue weighted by molar-refractivity contribution is 5.35. The van der Waals surface area contributed by atoms with Gasteiger partial charge in [-0.25, -0.2) is 10.0 Å². The maximum atomic E-state index is 5.92. The summed E-state index contributed by atoms with van der Waals surface area (Å²) in [5, 5.41) is 12.0. The van der Waals surface area contributed by atoms with E-state index in [2.05, 4.69) is 125 Å². The zero-order valence-corrected chi connectivity index (χ0v) is 28.0. The highest BCUT2D eigenvalue weighted by atomic mass is 16.5. The molecule has 4 aromatic rings. The van der Waals surface area contributed by atoms with Crippen LogP contribution in [0.3, 0.4) is 0 Å². The summed E-state index contributed by atoms with van der Waals surface area (Å²) in [6.07, 6.45) is 5.78. The highest BCUT2D eigenvalue weighted by Gasteiger charge is 2.41. The average molecular weight is 619 g/mol. The number of hydrogen-bond acceptors (Lipinski definition) is 6. The molecule has 6 nitrogen and oxygen atoms in total. The van der Waals surface area contributed by atoms with Gasteiger partial charge in [0.1, 0.15) is 11.5 Å². The summed E-state index contributed by atoms with van der Waals surface area (Å²) in [6, 6.07) is 35.5. The van der Waals surface area contributed by atoms with Crippen LogP contribution in [-0.2, 0) is 13.1 Å². The molecule has 0 amide bonds. The molecule has 0 spiro atoms. The van der Waals surface area contributed by atoms with Gasteiger partial charge in [-0.1, -0.05) is 91.3 Å². The number of para-hydroxylation sites is 2. The number of ether oxygens (including phenoxy) is 2. The minimum absolute atomic E-state index is 0.152. The monoisotopic (exact) mass is 618 g/mol. The average Bonchev–Trinajstić information content (AvgIpc) is 3.10. The third-order valence-electron chi connectivity index (χ3n) is 9.98. The summed E-state index contributed by atoms with van der Waals surface area (Å²) in [4.78, 5) is 0. The molecule has 0 saturated carbocycles. The number of piperidine rings is 2. The first-order valence-corrected chi connectivity index (χ1v) is 17.0. The van der Waals surface area contributed by atoms with Crippen molar-refractivity contribution in [3.8, 4) is 11.5 Å². The van der Waals surface area contributed by atoms with Crippen LogP contribution in [0.1, 0.15) is 77.6 Å². The van der Waals surface area contributed by atoms with Crippen LogP contribution >= 0.6 is 0 Å². The van der Waals surface area contributed by atoms with Crippen molar-refractivity contribution >= 4 is 0 Å². The molecular weight excluding hydrogens is 568 g/mol. The van der Waals surface area contributed by atoms with Gasteiger partial charge in [0.15, 0.2) is 0 Å². The van der Waals surface area contributed by atoms with E-state index in [4.69, 9.17) is 9.47 Å². The van der Waals surface area contributed by atoms with Gasteiger partial charge >= 0.3 is 0 Å². The van der Waals surface area contributed by atoms with Gasteiger partial charge in [0.05, 0.1) is 32.8 Å². The Morgan fingerprint density at radius 3 is 1.93 bits per heavy atom. The summed E-state index contributed by atoms with van der Waals surface area (Å²) >= 11 is 0. The van der Waals surface area contributed by atoms with Gasteiger partial charge in [-0.2, -0.15) is 5.12 Å². The molecule has 46 heavy (non-hydrogen) atoms. The van der Waals surface area contributed by atoms with Crippen molar-refractivity contribution in [3.63, 3.8) is 0 Å². The fraction of sp³-hybridized carbons (Fsp3) is 0.400. The Hall–Kier alpha value is -3.68. The zero-order valence-electron chi connectivity index (χ0n) is 28.0. The first-order valence-electron chi connectivity index (χ1n) is 17.0. The number of rotatable bonds is 11. The molecule has 4 aromatic carbocycles. The number of hydrazine groups is 2. The number of nitrogens with one attached hydrogen (secondary N) is 1. The number of benzene rings is 4. The number of methoxy groups -OCH3 is 2. The largest absolute Gasteiger partial charge is 0.496 e. The molecule has 6 rings (SSSR count). The molecular formula is C40H50N4O2. The summed E-state index contributed by atoms with van der Waals surface area (Å²) in [5.74, 6) is 1.87. The molecule has 2 aliphatic heterocycles. The van der Waals surface area contributed by atoms with Gasteiger partial charge in [-0.3, -0.25) is 0 Å². The van der Waals surface area contributed by atoms with Gasteiger partial charge in [0, 0.05) is 36.8 Å². The molecule has 0 bridgehead atoms. The quantitative estimate of drug-likeness (QED) is 0.183. The molecule has 1 N–H and O–H groups in total. The summed E-state index contributed by atoms with van der Waals surface area (Å²) < 4.78 is 11.7. The third-order valence-corrected chi connectivity index (χ3v) is 9.98. The van der Waals surface area contributed by atoms with E-state index in [1.54, 1.807) is 14.2 Å². The Labute approximate surface area is 275 Å². The van der Waals surface area contributed by atoms with Gasteiger partial charge < -0.3 is 14.8 Å². The van der Waals surface area contributed by atoms with E-state index in [1.807, 2.05) is 6.07 Å². The van der Waals surface area contributed by atoms with Gasteiger partial charge in [-0.05, 0) is 73.9 Å². The molecule has 3 atom stereocenters. The van der Waals surface area contributed by atoms with Crippen LogP contribution in [-0.4, -0.2) is 48.5 Å². The first-order chi connectivity index (χ1) is 22.6. The van der Waals surface area contributed by atoms with E-state index in [0.29, 0.717) is 6.04 Å². The van der Waals surface area contributed by atoms with E-state index >= 15 is 0 Å². The maximum absolute atomic E-state index is 5.92. The maximum Gasteiger partial charge on any atom is 0.123 e. The molecule has 2 fully saturated rings. The van der Waals surface area contributed by atoms with Crippen LogP contribution in [0.25, 0.3) is 0 Å². The molecule has 2 heterocycles. The molecule has 0 aromatic heterocycles. The van der Waals surface area contributed by atoms with Crippen LogP contribution < -0.4 is 14.8 Å². The zero-order chi connectivity index (χ0) is 31.9. The highest BCUT2D eigenvalue weighted by Crippen LogP contribution is 2.41. The van der Waals surface area contributed by atoms with Gasteiger partial charge in [-0.15, -0.1) is 0 Å². The fourth-order valence-corrected chi connectivity index (χ4v) is 7.62. The standard InChI is InChI=1S/C40H50N4O2/c1-30-16-5-9-20-34(30)37-23-13-14-26-42(37)44(29-33-19-8-12-25-39(33)46-4)43-27-15-22-36(40(43)35-21-10-6-17-31(35)2)41-28-32-18-7-11-24-38(32)45-3/h5-12,16-21,24-25,36-37,40-41H,13-15,22-23,26-29H2,1-4H3. The number of nitrogens with zero attached hydrogens (tertiary/aromatic N) is 3. The summed E-state index contributed by atoms with van der Waals surface area (Å²) in [5.41, 5.74) is 7.90. The lowest BCUT2D eigenvalue weighted by Gasteiger charge is -2.53. The lowest BCUT2D eigenvalue weighted by atomic mass is 9.88. The number of aryl methyl sites for hydroxylation is 2. The van der Waals surface area contributed by atoms with Crippen molar-refractivity contribution in [1.82, 2.24) is 20.5 Å². The Kier molecular flexibility index (Phi) is 10.7. The summed E-state index contributed by atoms with van der Waals surface area (Å²) in [7, 11) is 3.55. The van der Waals surface area contributed by atoms with Gasteiger partial charge in [0.2, 0.25) is 0 Å². The van der Waals surface area contributed by atoms with Crippen molar-refractivity contribution in [1.29, 1.82) is 0 Å². The van der Waals surface area contributed by atoms with E-state index in [-0.39, 0.29) is 12.1 Å². The Morgan fingerprint density at radius 2 is 1.24 bits per heavy atom. The minimum atomic E-state index is 0.152. The Balaban J connectivity index is 1.43. The van der Waals surface area contributed by atoms with E-state index < -0.39 is 0 Å². The van der Waals surface area contributed by atoms with Crippen molar-refractivity contribution in [2.75, 3.05) is 27.3 Å². The smallest absolute Gasteiger partial charge is 0.123 e. The Bertz CT molecular complexity index is 1570. The first kappa shape index (κ1) is 32.3. The van der Waals surface area contributed by atoms with Crippen LogP contribution in [0, 0.1) is 13.8 Å². The van der Waals surface area contributed by atoms with Crippen LogP contribution in [0.15, 0.2) is 97.1 Å². The van der Waals surface area contributed by atoms with Crippen LogP contribution in [0.2, 0.25) is 0 Å². The lowest BCUT2D eigenvalue weighted by Crippen LogP contribution is -2.61. The van der Waals surface area contributed by atoms with Crippen LogP contribution in [0.5, 0.6) is 11.5 Å². The van der Waals surface area contributed by atoms with E-state index in [9.17, 15) is 0 Å². The molecule has 2 aliphatic rings. The Morgan fingerprint density at radius 1 is 0.652 bits per heavy atom. The molecule has 242 valence electrons. The van der Waals surface area contributed by atoms with E-state index in [0.717, 1.165) is 56.9 Å². The van der Waals surface area contributed by atoms with Crippen molar-refractivity contribution in [2.24, 2.45) is 0 Å². The topological polar surface area (TPSA) is 40.2 Å². The second-order valence-corrected chi connectivity index (χ2v) is 12.8. The van der Waals surface area contributed by atoms with Gasteiger partial charge in [0.25, 0.3) is 0 Å². The van der Waals surface area contributed by atoms with E-state index in [1.165, 1.54) is 46.2 Å². The molecule has 6 heteroatoms. The molecule has 0 aliphatic carbocycles. The minimum Gasteiger partial charge on any atom is -0.496 e. The van der Waals surface area contributed by atoms with Crippen molar-refractivity contribution < 1.29 is 9.47 Å². The summed E-state index contributed by atoms with van der Waals surface area (Å²) in [6.45, 7) is 8.03. The second-order valence-electron chi connectivity index (χ2n) is 12.8. The molecule has 0 radical (unpaired) electrons. The van der Waals surface area contributed by atoms with Crippen molar-refractivity contribution in [3.05, 3.63) is 130 Å². The number of hydrogen-bond donors (Lipinski definition) is 1. The normalized spacial score (nSPS) is 20.9. The van der Waals surface area contributed by atoms with Crippen molar-refractivity contribution in [2.45, 2.75) is 77.2 Å². The molecule has 2 saturated heterocycles. The molecule has 3 unspecified atom stereocenters. The predicted molar refractivity (Wildman–Crippen MR) is 186 cm³/mol. The SMILES string of the molecule is COc1ccccc1CNC1CCCN(N(Cc2ccccc2OC)N2CCCCC2c2ccccc2C)C1c1ccccc1C. The second kappa shape index (κ2) is 15.3.